The average molecular weight is 390 g/mol. The molecule has 0 unspecified atom stereocenters. The molecule has 0 saturated carbocycles. The Morgan fingerprint density at radius 3 is 2.79 bits per heavy atom. The van der Waals surface area contributed by atoms with Crippen molar-refractivity contribution in [2.75, 3.05) is 29.0 Å². The number of amides is 1. The normalized spacial score (nSPS) is 14.4. The maximum atomic E-state index is 13.0. The third-order valence-corrected chi connectivity index (χ3v) is 5.06. The zero-order valence-electron chi connectivity index (χ0n) is 16.0. The lowest BCUT2D eigenvalue weighted by atomic mass is 10.2. The Hall–Kier alpha value is -3.67. The molecule has 3 N–H and O–H groups in total. The van der Waals surface area contributed by atoms with Crippen molar-refractivity contribution in [3.05, 3.63) is 42.0 Å². The number of nitrogen functional groups attached to an aromatic ring is 1. The summed E-state index contributed by atoms with van der Waals surface area (Å²) in [7, 11) is 0. The Labute approximate surface area is 168 Å². The highest BCUT2D eigenvalue weighted by atomic mass is 16.1. The Balaban J connectivity index is 1.64. The van der Waals surface area contributed by atoms with Gasteiger partial charge in [-0.25, -0.2) is 9.50 Å². The van der Waals surface area contributed by atoms with Gasteiger partial charge in [-0.15, -0.1) is 5.10 Å². The number of nitrogens with zero attached hydrogens (tertiary/aromatic N) is 6. The van der Waals surface area contributed by atoms with Crippen LogP contribution in [0, 0.1) is 11.3 Å². The number of aromatic nitrogens is 4. The summed E-state index contributed by atoms with van der Waals surface area (Å²) in [5.74, 6) is -0.300. The van der Waals surface area contributed by atoms with Crippen molar-refractivity contribution in [3.8, 4) is 6.07 Å². The topological polar surface area (TPSA) is 125 Å². The molecule has 4 heterocycles. The minimum absolute atomic E-state index is 0.0873. The summed E-state index contributed by atoms with van der Waals surface area (Å²) >= 11 is 0. The van der Waals surface area contributed by atoms with Crippen molar-refractivity contribution in [1.29, 1.82) is 5.26 Å². The van der Waals surface area contributed by atoms with Crippen LogP contribution < -0.4 is 16.0 Å². The second-order valence-electron chi connectivity index (χ2n) is 7.07. The van der Waals surface area contributed by atoms with Crippen molar-refractivity contribution in [2.45, 2.75) is 32.1 Å². The molecule has 0 aromatic carbocycles. The van der Waals surface area contributed by atoms with Gasteiger partial charge >= 0.3 is 0 Å². The molecule has 0 bridgehead atoms. The monoisotopic (exact) mass is 390 g/mol. The van der Waals surface area contributed by atoms with Crippen LogP contribution in [-0.2, 0) is 6.42 Å². The zero-order chi connectivity index (χ0) is 20.2. The number of anilines is 3. The Morgan fingerprint density at radius 2 is 2.03 bits per heavy atom. The van der Waals surface area contributed by atoms with Crippen molar-refractivity contribution in [2.24, 2.45) is 0 Å². The first-order valence-electron chi connectivity index (χ1n) is 9.67. The van der Waals surface area contributed by atoms with Crippen LogP contribution in [0.4, 0.5) is 17.2 Å². The largest absolute Gasteiger partial charge is 0.381 e. The Morgan fingerprint density at radius 1 is 1.24 bits per heavy atom. The van der Waals surface area contributed by atoms with E-state index in [1.54, 1.807) is 24.8 Å². The van der Waals surface area contributed by atoms with Crippen LogP contribution in [0.15, 0.2) is 30.9 Å². The number of fused-ring (bicyclic) bond motifs is 1. The average Bonchev–Trinajstić information content (AvgIpc) is 2.87. The summed E-state index contributed by atoms with van der Waals surface area (Å²) in [6.07, 6.45) is 11.5. The van der Waals surface area contributed by atoms with Crippen LogP contribution in [0.5, 0.6) is 0 Å². The van der Waals surface area contributed by atoms with Gasteiger partial charge in [-0.3, -0.25) is 9.78 Å². The third-order valence-electron chi connectivity index (χ3n) is 5.06. The zero-order valence-corrected chi connectivity index (χ0v) is 16.0. The van der Waals surface area contributed by atoms with Gasteiger partial charge in [0.2, 0.25) is 0 Å². The number of carbonyl (C=O) groups is 1. The summed E-state index contributed by atoms with van der Waals surface area (Å²) < 4.78 is 1.44. The van der Waals surface area contributed by atoms with Crippen LogP contribution in [0.1, 0.15) is 41.6 Å². The highest BCUT2D eigenvalue weighted by molar-refractivity contribution is 6.12. The van der Waals surface area contributed by atoms with E-state index in [1.807, 2.05) is 6.07 Å². The highest BCUT2D eigenvalue weighted by Gasteiger charge is 2.22. The van der Waals surface area contributed by atoms with Crippen LogP contribution in [0.3, 0.4) is 0 Å². The smallest absolute Gasteiger partial charge is 0.263 e. The molecule has 1 aliphatic heterocycles. The molecule has 1 amide bonds. The van der Waals surface area contributed by atoms with Crippen LogP contribution in [0.2, 0.25) is 0 Å². The predicted octanol–water partition coefficient (Wildman–Crippen LogP) is 2.41. The summed E-state index contributed by atoms with van der Waals surface area (Å²) in [5.41, 5.74) is 8.86. The number of hydrogen-bond acceptors (Lipinski definition) is 7. The molecule has 0 aliphatic carbocycles. The van der Waals surface area contributed by atoms with E-state index in [-0.39, 0.29) is 23.7 Å². The van der Waals surface area contributed by atoms with E-state index >= 15 is 0 Å². The number of rotatable bonds is 4. The van der Waals surface area contributed by atoms with Crippen LogP contribution in [-0.4, -0.2) is 38.6 Å². The summed E-state index contributed by atoms with van der Waals surface area (Å²) in [4.78, 5) is 23.8. The molecular formula is C20H22N8O. The van der Waals surface area contributed by atoms with Crippen LogP contribution >= 0.6 is 0 Å². The van der Waals surface area contributed by atoms with Gasteiger partial charge in [0.25, 0.3) is 5.91 Å². The fraction of sp³-hybridized carbons (Fsp3) is 0.350. The number of hydrogen-bond donors (Lipinski definition) is 2. The van der Waals surface area contributed by atoms with E-state index in [1.165, 1.54) is 17.4 Å². The van der Waals surface area contributed by atoms with E-state index in [2.05, 4.69) is 31.4 Å². The van der Waals surface area contributed by atoms with Crippen LogP contribution in [0.25, 0.3) is 5.65 Å². The fourth-order valence-electron chi connectivity index (χ4n) is 3.65. The maximum absolute atomic E-state index is 13.0. The standard InChI is InChI=1S/C20H22N8O/c21-7-5-14-11-24-19-17(18(22)26-28(19)13-14)20(29)25-15-12-23-8-6-16(15)27-9-3-1-2-4-10-27/h6,8,11-13H,1-5,9-10H2,(H2,22,26)(H,25,29). The van der Waals surface area contributed by atoms with E-state index in [4.69, 9.17) is 11.0 Å². The number of nitrogens with one attached hydrogen (secondary N) is 1. The Kier molecular flexibility index (Phi) is 5.24. The first kappa shape index (κ1) is 18.7. The van der Waals surface area contributed by atoms with Gasteiger partial charge in [-0.2, -0.15) is 5.26 Å². The van der Waals surface area contributed by atoms with Gasteiger partial charge in [-0.1, -0.05) is 12.8 Å². The lowest BCUT2D eigenvalue weighted by Crippen LogP contribution is -2.26. The predicted molar refractivity (Wildman–Crippen MR) is 110 cm³/mol. The lowest BCUT2D eigenvalue weighted by Gasteiger charge is -2.25. The van der Waals surface area contributed by atoms with E-state index in [0.717, 1.165) is 31.6 Å². The minimum Gasteiger partial charge on any atom is -0.381 e. The summed E-state index contributed by atoms with van der Waals surface area (Å²) in [5, 5.41) is 16.0. The van der Waals surface area contributed by atoms with Gasteiger partial charge < -0.3 is 16.0 Å². The van der Waals surface area contributed by atoms with Crippen molar-refractivity contribution < 1.29 is 4.79 Å². The number of nitriles is 1. The highest BCUT2D eigenvalue weighted by Crippen LogP contribution is 2.28. The fourth-order valence-corrected chi connectivity index (χ4v) is 3.65. The molecule has 4 rings (SSSR count). The van der Waals surface area contributed by atoms with E-state index in [0.29, 0.717) is 16.9 Å². The minimum atomic E-state index is -0.387. The molecular weight excluding hydrogens is 368 g/mol. The maximum Gasteiger partial charge on any atom is 0.263 e. The van der Waals surface area contributed by atoms with Gasteiger partial charge in [-0.05, 0) is 18.9 Å². The molecule has 1 aliphatic rings. The first-order chi connectivity index (χ1) is 14.2. The Bertz CT molecular complexity index is 1080. The number of carbonyl (C=O) groups excluding carboxylic acids is 1. The molecule has 0 atom stereocenters. The molecule has 1 fully saturated rings. The van der Waals surface area contributed by atoms with E-state index < -0.39 is 0 Å². The third kappa shape index (κ3) is 3.82. The second kappa shape index (κ2) is 8.14. The van der Waals surface area contributed by atoms with Gasteiger partial charge in [0.15, 0.2) is 11.5 Å². The quantitative estimate of drug-likeness (QED) is 0.700. The molecule has 148 valence electrons. The molecule has 29 heavy (non-hydrogen) atoms. The lowest BCUT2D eigenvalue weighted by molar-refractivity contribution is 0.102. The second-order valence-corrected chi connectivity index (χ2v) is 7.07. The number of pyridine rings is 1. The van der Waals surface area contributed by atoms with Gasteiger partial charge in [0.1, 0.15) is 5.56 Å². The van der Waals surface area contributed by atoms with E-state index in [9.17, 15) is 4.79 Å². The SMILES string of the molecule is N#CCc1cnc2c(C(=O)Nc3cnccc3N3CCCCCC3)c(N)nn2c1. The molecule has 9 heteroatoms. The summed E-state index contributed by atoms with van der Waals surface area (Å²) in [6.45, 7) is 1.91. The van der Waals surface area contributed by atoms with Gasteiger partial charge in [0.05, 0.1) is 30.1 Å². The van der Waals surface area contributed by atoms with Crippen molar-refractivity contribution >= 4 is 28.7 Å². The van der Waals surface area contributed by atoms with Gasteiger partial charge in [0, 0.05) is 37.2 Å². The molecule has 3 aromatic heterocycles. The first-order valence-corrected chi connectivity index (χ1v) is 9.67. The summed E-state index contributed by atoms with van der Waals surface area (Å²) in [6, 6.07) is 3.99. The van der Waals surface area contributed by atoms with Crippen molar-refractivity contribution in [1.82, 2.24) is 19.6 Å². The number of nitrogens with two attached hydrogens (primary N) is 1. The molecule has 9 nitrogen and oxygen atoms in total. The molecule has 0 spiro atoms. The van der Waals surface area contributed by atoms with Crippen molar-refractivity contribution in [3.63, 3.8) is 0 Å². The molecule has 3 aromatic rings. The molecule has 0 radical (unpaired) electrons. The molecule has 1 saturated heterocycles.